The number of methoxy groups -OCH3 is 3. The van der Waals surface area contributed by atoms with Crippen LogP contribution in [0.15, 0.2) is 71.6 Å². The molecule has 0 aliphatic rings. The maximum Gasteiger partial charge on any atom is 0.264 e. The van der Waals surface area contributed by atoms with Gasteiger partial charge in [-0.1, -0.05) is 12.1 Å². The number of sulfonamides is 1. The molecule has 0 saturated heterocycles. The van der Waals surface area contributed by atoms with E-state index in [1.54, 1.807) is 31.2 Å². The maximum atomic E-state index is 13.9. The van der Waals surface area contributed by atoms with Gasteiger partial charge in [-0.05, 0) is 61.0 Å². The van der Waals surface area contributed by atoms with Crippen molar-refractivity contribution in [2.24, 2.45) is 0 Å². The van der Waals surface area contributed by atoms with Crippen molar-refractivity contribution in [3.63, 3.8) is 0 Å². The standard InChI is InChI=1S/C28H32FN3O7S/c1-19(28(34)30-2)31(17-20-7-6-8-23(15-20)37-3)27(33)18-32(22-11-9-21(29)10-12-22)40(35,36)24-13-14-25(38-4)26(16-24)39-5/h6-16,19H,17-18H2,1-5H3,(H,30,34)/t19-/m0/s1. The average Bonchev–Trinajstić information content (AvgIpc) is 2.97. The Morgan fingerprint density at radius 2 is 1.60 bits per heavy atom. The number of carbonyl (C=O) groups is 2. The van der Waals surface area contributed by atoms with Crippen LogP contribution in [0.25, 0.3) is 0 Å². The highest BCUT2D eigenvalue weighted by Gasteiger charge is 2.33. The first-order chi connectivity index (χ1) is 19.0. The molecule has 0 bridgehead atoms. The fourth-order valence-electron chi connectivity index (χ4n) is 4.00. The molecule has 0 aliphatic carbocycles. The molecule has 3 aromatic rings. The molecule has 0 spiro atoms. The highest BCUT2D eigenvalue weighted by Crippen LogP contribution is 2.32. The van der Waals surface area contributed by atoms with Gasteiger partial charge in [0, 0.05) is 19.7 Å². The Hall–Kier alpha value is -4.32. The number of carbonyl (C=O) groups excluding carboxylic acids is 2. The topological polar surface area (TPSA) is 114 Å². The van der Waals surface area contributed by atoms with Gasteiger partial charge < -0.3 is 24.4 Å². The molecular formula is C28H32FN3O7S. The number of nitrogens with zero attached hydrogens (tertiary/aromatic N) is 2. The lowest BCUT2D eigenvalue weighted by Gasteiger charge is -2.32. The van der Waals surface area contributed by atoms with Crippen LogP contribution in [0.5, 0.6) is 17.2 Å². The molecule has 3 rings (SSSR count). The van der Waals surface area contributed by atoms with E-state index < -0.39 is 40.2 Å². The van der Waals surface area contributed by atoms with Gasteiger partial charge in [-0.25, -0.2) is 12.8 Å². The highest BCUT2D eigenvalue weighted by molar-refractivity contribution is 7.92. The van der Waals surface area contributed by atoms with Gasteiger partial charge in [-0.2, -0.15) is 0 Å². The highest BCUT2D eigenvalue weighted by atomic mass is 32.2. The number of nitrogens with one attached hydrogen (secondary N) is 1. The molecule has 12 heteroatoms. The molecule has 40 heavy (non-hydrogen) atoms. The summed E-state index contributed by atoms with van der Waals surface area (Å²) in [5, 5.41) is 2.52. The van der Waals surface area contributed by atoms with Crippen molar-refractivity contribution in [2.75, 3.05) is 39.2 Å². The van der Waals surface area contributed by atoms with Crippen molar-refractivity contribution in [3.05, 3.63) is 78.1 Å². The summed E-state index contributed by atoms with van der Waals surface area (Å²) in [6.45, 7) is 0.869. The van der Waals surface area contributed by atoms with Gasteiger partial charge in [-0.15, -0.1) is 0 Å². The van der Waals surface area contributed by atoms with Crippen molar-refractivity contribution in [3.8, 4) is 17.2 Å². The van der Waals surface area contributed by atoms with Crippen molar-refractivity contribution in [2.45, 2.75) is 24.4 Å². The molecule has 0 fully saturated rings. The third-order valence-corrected chi connectivity index (χ3v) is 8.01. The summed E-state index contributed by atoms with van der Waals surface area (Å²) in [6, 6.07) is 14.8. The smallest absolute Gasteiger partial charge is 0.264 e. The zero-order chi connectivity index (χ0) is 29.4. The van der Waals surface area contributed by atoms with E-state index in [0.717, 1.165) is 16.4 Å². The summed E-state index contributed by atoms with van der Waals surface area (Å²) in [7, 11) is 1.36. The maximum absolute atomic E-state index is 13.9. The summed E-state index contributed by atoms with van der Waals surface area (Å²) < 4.78 is 58.2. The van der Waals surface area contributed by atoms with E-state index >= 15 is 0 Å². The molecule has 10 nitrogen and oxygen atoms in total. The first kappa shape index (κ1) is 30.2. The second kappa shape index (κ2) is 13.2. The third-order valence-electron chi connectivity index (χ3n) is 6.24. The van der Waals surface area contributed by atoms with E-state index in [0.29, 0.717) is 17.1 Å². The Labute approximate surface area is 233 Å². The van der Waals surface area contributed by atoms with E-state index in [2.05, 4.69) is 5.32 Å². The zero-order valence-corrected chi connectivity index (χ0v) is 23.7. The number of rotatable bonds is 12. The minimum Gasteiger partial charge on any atom is -0.497 e. The average molecular weight is 574 g/mol. The van der Waals surface area contributed by atoms with Crippen molar-refractivity contribution < 1.29 is 36.6 Å². The third kappa shape index (κ3) is 6.81. The summed E-state index contributed by atoms with van der Waals surface area (Å²) in [4.78, 5) is 27.5. The second-order valence-corrected chi connectivity index (χ2v) is 10.5. The van der Waals surface area contributed by atoms with Crippen LogP contribution in [0.2, 0.25) is 0 Å². The Bertz CT molecular complexity index is 1450. The largest absolute Gasteiger partial charge is 0.497 e. The number of likely N-dealkylation sites (N-methyl/N-ethyl adjacent to an activating group) is 1. The Morgan fingerprint density at radius 1 is 0.925 bits per heavy atom. The lowest BCUT2D eigenvalue weighted by Crippen LogP contribution is -2.50. The molecular weight excluding hydrogens is 541 g/mol. The monoisotopic (exact) mass is 573 g/mol. The van der Waals surface area contributed by atoms with Crippen LogP contribution in [0.3, 0.4) is 0 Å². The van der Waals surface area contributed by atoms with Crippen LogP contribution in [0, 0.1) is 5.82 Å². The molecule has 1 atom stereocenters. The van der Waals surface area contributed by atoms with Crippen molar-refractivity contribution >= 4 is 27.5 Å². The fraction of sp³-hybridized carbons (Fsp3) is 0.286. The summed E-state index contributed by atoms with van der Waals surface area (Å²) >= 11 is 0. The first-order valence-corrected chi connectivity index (χ1v) is 13.6. The number of ether oxygens (including phenoxy) is 3. The van der Waals surface area contributed by atoms with E-state index in [1.165, 1.54) is 63.6 Å². The number of hydrogen-bond acceptors (Lipinski definition) is 7. The first-order valence-electron chi connectivity index (χ1n) is 12.2. The quantitative estimate of drug-likeness (QED) is 0.354. The van der Waals surface area contributed by atoms with Crippen molar-refractivity contribution in [1.29, 1.82) is 0 Å². The van der Waals surface area contributed by atoms with E-state index in [9.17, 15) is 22.4 Å². The summed E-state index contributed by atoms with van der Waals surface area (Å²) in [6.07, 6.45) is 0. The minimum atomic E-state index is -4.38. The van der Waals surface area contributed by atoms with Crippen LogP contribution in [0.1, 0.15) is 12.5 Å². The van der Waals surface area contributed by atoms with E-state index in [1.807, 2.05) is 0 Å². The van der Waals surface area contributed by atoms with E-state index in [4.69, 9.17) is 14.2 Å². The van der Waals surface area contributed by atoms with Gasteiger partial charge in [0.15, 0.2) is 11.5 Å². The Kier molecular flexibility index (Phi) is 9.94. The molecule has 1 N–H and O–H groups in total. The number of amides is 2. The molecule has 0 saturated carbocycles. The number of anilines is 1. The predicted molar refractivity (Wildman–Crippen MR) is 148 cm³/mol. The number of benzene rings is 3. The molecule has 0 unspecified atom stereocenters. The van der Waals surface area contributed by atoms with Gasteiger partial charge in [0.1, 0.15) is 24.2 Å². The van der Waals surface area contributed by atoms with Crippen LogP contribution >= 0.6 is 0 Å². The molecule has 214 valence electrons. The van der Waals surface area contributed by atoms with Gasteiger partial charge in [0.05, 0.1) is 31.9 Å². The van der Waals surface area contributed by atoms with Gasteiger partial charge >= 0.3 is 0 Å². The predicted octanol–water partition coefficient (Wildman–Crippen LogP) is 3.21. The molecule has 0 aliphatic heterocycles. The zero-order valence-electron chi connectivity index (χ0n) is 22.9. The molecule has 0 aromatic heterocycles. The van der Waals surface area contributed by atoms with Crippen LogP contribution in [0.4, 0.5) is 10.1 Å². The number of halogens is 1. The van der Waals surface area contributed by atoms with E-state index in [-0.39, 0.29) is 22.9 Å². The second-order valence-electron chi connectivity index (χ2n) is 8.67. The SMILES string of the molecule is CNC(=O)[C@H](C)N(Cc1cccc(OC)c1)C(=O)CN(c1ccc(F)cc1)S(=O)(=O)c1ccc(OC)c(OC)c1. The summed E-state index contributed by atoms with van der Waals surface area (Å²) in [5.74, 6) is -0.635. The fourth-order valence-corrected chi connectivity index (χ4v) is 5.43. The van der Waals surface area contributed by atoms with Gasteiger partial charge in [-0.3, -0.25) is 13.9 Å². The molecule has 0 radical (unpaired) electrons. The van der Waals surface area contributed by atoms with Crippen LogP contribution in [-0.4, -0.2) is 66.1 Å². The van der Waals surface area contributed by atoms with Gasteiger partial charge in [0.2, 0.25) is 11.8 Å². The molecule has 3 aromatic carbocycles. The Balaban J connectivity index is 2.07. The van der Waals surface area contributed by atoms with Crippen LogP contribution in [-0.2, 0) is 26.2 Å². The lowest BCUT2D eigenvalue weighted by atomic mass is 10.1. The lowest BCUT2D eigenvalue weighted by molar-refractivity contribution is -0.139. The normalized spacial score (nSPS) is 11.8. The number of hydrogen-bond donors (Lipinski definition) is 1. The minimum absolute atomic E-state index is 0.00170. The molecule has 0 heterocycles. The summed E-state index contributed by atoms with van der Waals surface area (Å²) in [5.41, 5.74) is 0.720. The van der Waals surface area contributed by atoms with Gasteiger partial charge in [0.25, 0.3) is 10.0 Å². The Morgan fingerprint density at radius 3 is 2.20 bits per heavy atom. The van der Waals surface area contributed by atoms with Crippen LogP contribution < -0.4 is 23.8 Å². The van der Waals surface area contributed by atoms with Crippen molar-refractivity contribution in [1.82, 2.24) is 10.2 Å². The molecule has 2 amide bonds.